The molecular formula is C23H20FN7O. The highest BCUT2D eigenvalue weighted by molar-refractivity contribution is 5.92. The molecule has 4 aromatic rings. The highest BCUT2D eigenvalue weighted by Crippen LogP contribution is 2.24. The topological polar surface area (TPSA) is 80.0 Å². The summed E-state index contributed by atoms with van der Waals surface area (Å²) in [7, 11) is 0. The molecule has 1 saturated heterocycles. The minimum absolute atomic E-state index is 0.0154. The predicted octanol–water partition coefficient (Wildman–Crippen LogP) is 2.71. The van der Waals surface area contributed by atoms with Gasteiger partial charge in [0.25, 0.3) is 0 Å². The lowest BCUT2D eigenvalue weighted by Gasteiger charge is -2.34. The summed E-state index contributed by atoms with van der Waals surface area (Å²) in [5.74, 6) is 0.283. The van der Waals surface area contributed by atoms with E-state index in [1.54, 1.807) is 18.2 Å². The second-order valence-electron chi connectivity index (χ2n) is 7.41. The van der Waals surface area contributed by atoms with Crippen molar-refractivity contribution < 1.29 is 9.18 Å². The highest BCUT2D eigenvalue weighted by atomic mass is 19.1. The zero-order chi connectivity index (χ0) is 21.9. The van der Waals surface area contributed by atoms with Crippen molar-refractivity contribution in [1.29, 1.82) is 0 Å². The number of carbonyl (C=O) groups is 1. The zero-order valence-electron chi connectivity index (χ0n) is 17.2. The van der Waals surface area contributed by atoms with Crippen LogP contribution >= 0.6 is 0 Å². The summed E-state index contributed by atoms with van der Waals surface area (Å²) in [4.78, 5) is 25.2. The molecule has 2 aromatic carbocycles. The SMILES string of the molecule is O=C(/C=C\c1ccccc1)N1CCN(c2ncnc3c2nnn3-c2cccc(F)c2)CC1. The molecule has 8 nitrogen and oxygen atoms in total. The van der Waals surface area contributed by atoms with Crippen molar-refractivity contribution in [3.8, 4) is 5.69 Å². The molecular weight excluding hydrogens is 409 g/mol. The number of hydrogen-bond acceptors (Lipinski definition) is 6. The summed E-state index contributed by atoms with van der Waals surface area (Å²) in [6.07, 6.45) is 4.89. The van der Waals surface area contributed by atoms with Gasteiger partial charge in [-0.1, -0.05) is 41.6 Å². The molecule has 0 unspecified atom stereocenters. The Labute approximate surface area is 183 Å². The van der Waals surface area contributed by atoms with Gasteiger partial charge in [0.2, 0.25) is 5.91 Å². The second kappa shape index (κ2) is 8.54. The average Bonchev–Trinajstić information content (AvgIpc) is 3.28. The minimum Gasteiger partial charge on any atom is -0.351 e. The monoisotopic (exact) mass is 429 g/mol. The molecule has 1 amide bonds. The minimum atomic E-state index is -0.359. The number of anilines is 1. The Kier molecular flexibility index (Phi) is 5.29. The van der Waals surface area contributed by atoms with Gasteiger partial charge in [0.1, 0.15) is 12.1 Å². The van der Waals surface area contributed by atoms with E-state index in [0.717, 1.165) is 5.56 Å². The summed E-state index contributed by atoms with van der Waals surface area (Å²) >= 11 is 0. The van der Waals surface area contributed by atoms with Crippen LogP contribution in [0.3, 0.4) is 0 Å². The van der Waals surface area contributed by atoms with Crippen molar-refractivity contribution >= 4 is 29.0 Å². The number of halogens is 1. The predicted molar refractivity (Wildman–Crippen MR) is 119 cm³/mol. The van der Waals surface area contributed by atoms with Crippen LogP contribution in [0.15, 0.2) is 67.0 Å². The van der Waals surface area contributed by atoms with Crippen LogP contribution in [-0.2, 0) is 4.79 Å². The summed E-state index contributed by atoms with van der Waals surface area (Å²) in [5, 5.41) is 8.40. The van der Waals surface area contributed by atoms with Gasteiger partial charge < -0.3 is 9.80 Å². The lowest BCUT2D eigenvalue weighted by molar-refractivity contribution is -0.126. The molecule has 0 radical (unpaired) electrons. The molecule has 1 aliphatic heterocycles. The van der Waals surface area contributed by atoms with Crippen LogP contribution in [-0.4, -0.2) is 61.9 Å². The first-order valence-corrected chi connectivity index (χ1v) is 10.3. The highest BCUT2D eigenvalue weighted by Gasteiger charge is 2.24. The van der Waals surface area contributed by atoms with Gasteiger partial charge in [-0.2, -0.15) is 4.68 Å². The number of piperazine rings is 1. The van der Waals surface area contributed by atoms with E-state index in [-0.39, 0.29) is 11.7 Å². The number of rotatable bonds is 4. The summed E-state index contributed by atoms with van der Waals surface area (Å²) in [5.41, 5.74) is 2.58. The standard InChI is InChI=1S/C23H20FN7O/c24-18-7-4-8-19(15-18)31-23-21(27-28-31)22(25-16-26-23)30-13-11-29(12-14-30)20(32)10-9-17-5-2-1-3-6-17/h1-10,15-16H,11-14H2/b10-9-. The molecule has 0 bridgehead atoms. The Morgan fingerprint density at radius 1 is 0.969 bits per heavy atom. The molecule has 3 heterocycles. The van der Waals surface area contributed by atoms with E-state index in [4.69, 9.17) is 0 Å². The Morgan fingerprint density at radius 2 is 1.78 bits per heavy atom. The zero-order valence-corrected chi connectivity index (χ0v) is 17.2. The van der Waals surface area contributed by atoms with Crippen molar-refractivity contribution in [1.82, 2.24) is 29.9 Å². The number of benzene rings is 2. The first-order valence-electron chi connectivity index (χ1n) is 10.3. The smallest absolute Gasteiger partial charge is 0.246 e. The number of nitrogens with zero attached hydrogens (tertiary/aromatic N) is 7. The van der Waals surface area contributed by atoms with Gasteiger partial charge in [0.05, 0.1) is 5.69 Å². The third kappa shape index (κ3) is 3.92. The average molecular weight is 429 g/mol. The number of hydrogen-bond donors (Lipinski definition) is 0. The number of aromatic nitrogens is 5. The molecule has 1 fully saturated rings. The van der Waals surface area contributed by atoms with E-state index in [2.05, 4.69) is 25.2 Å². The maximum absolute atomic E-state index is 13.6. The third-order valence-electron chi connectivity index (χ3n) is 5.38. The van der Waals surface area contributed by atoms with E-state index in [1.165, 1.54) is 23.1 Å². The lowest BCUT2D eigenvalue weighted by atomic mass is 10.2. The van der Waals surface area contributed by atoms with E-state index in [9.17, 15) is 9.18 Å². The van der Waals surface area contributed by atoms with Gasteiger partial charge >= 0.3 is 0 Å². The maximum Gasteiger partial charge on any atom is 0.246 e. The molecule has 0 spiro atoms. The molecule has 0 aliphatic carbocycles. The largest absolute Gasteiger partial charge is 0.351 e. The Morgan fingerprint density at radius 3 is 2.56 bits per heavy atom. The molecule has 0 atom stereocenters. The van der Waals surface area contributed by atoms with Crippen molar-refractivity contribution in [2.24, 2.45) is 0 Å². The molecule has 0 N–H and O–H groups in total. The first-order chi connectivity index (χ1) is 15.7. The molecule has 2 aromatic heterocycles. The van der Waals surface area contributed by atoms with Gasteiger partial charge in [0, 0.05) is 32.3 Å². The van der Waals surface area contributed by atoms with Crippen LogP contribution in [0.2, 0.25) is 0 Å². The molecule has 0 saturated carbocycles. The van der Waals surface area contributed by atoms with Gasteiger partial charge in [-0.15, -0.1) is 5.10 Å². The van der Waals surface area contributed by atoms with Crippen molar-refractivity contribution in [2.45, 2.75) is 0 Å². The normalized spacial score (nSPS) is 14.4. The quantitative estimate of drug-likeness (QED) is 0.464. The molecule has 32 heavy (non-hydrogen) atoms. The summed E-state index contributed by atoms with van der Waals surface area (Å²) < 4.78 is 15.1. The number of amides is 1. The summed E-state index contributed by atoms with van der Waals surface area (Å²) in [6.45, 7) is 2.37. The number of fused-ring (bicyclic) bond motifs is 1. The van der Waals surface area contributed by atoms with Crippen molar-refractivity contribution in [2.75, 3.05) is 31.1 Å². The fourth-order valence-electron chi connectivity index (χ4n) is 3.73. The van der Waals surface area contributed by atoms with Crippen LogP contribution in [0, 0.1) is 5.82 Å². The van der Waals surface area contributed by atoms with Gasteiger partial charge in [-0.05, 0) is 29.8 Å². The van der Waals surface area contributed by atoms with Gasteiger partial charge in [0.15, 0.2) is 17.0 Å². The van der Waals surface area contributed by atoms with E-state index in [1.807, 2.05) is 41.3 Å². The fourth-order valence-corrected chi connectivity index (χ4v) is 3.73. The lowest BCUT2D eigenvalue weighted by Crippen LogP contribution is -2.48. The Hall–Kier alpha value is -4.14. The number of carbonyl (C=O) groups excluding carboxylic acids is 1. The van der Waals surface area contributed by atoms with Crippen LogP contribution in [0.4, 0.5) is 10.2 Å². The van der Waals surface area contributed by atoms with E-state index < -0.39 is 0 Å². The molecule has 5 rings (SSSR count). The van der Waals surface area contributed by atoms with Crippen molar-refractivity contribution in [3.05, 3.63) is 78.4 Å². The molecule has 9 heteroatoms. The van der Waals surface area contributed by atoms with Crippen LogP contribution in [0.1, 0.15) is 5.56 Å². The van der Waals surface area contributed by atoms with Gasteiger partial charge in [-0.25, -0.2) is 14.4 Å². The Balaban J connectivity index is 1.31. The fraction of sp³-hybridized carbons (Fsp3) is 0.174. The van der Waals surface area contributed by atoms with Crippen LogP contribution in [0.5, 0.6) is 0 Å². The second-order valence-corrected chi connectivity index (χ2v) is 7.41. The van der Waals surface area contributed by atoms with E-state index in [0.29, 0.717) is 48.8 Å². The maximum atomic E-state index is 13.6. The third-order valence-corrected chi connectivity index (χ3v) is 5.38. The first kappa shape index (κ1) is 19.8. The van der Waals surface area contributed by atoms with Crippen LogP contribution < -0.4 is 4.90 Å². The summed E-state index contributed by atoms with van der Waals surface area (Å²) in [6, 6.07) is 15.8. The molecule has 160 valence electrons. The van der Waals surface area contributed by atoms with Crippen LogP contribution in [0.25, 0.3) is 22.9 Å². The van der Waals surface area contributed by atoms with E-state index >= 15 is 0 Å². The molecule has 1 aliphatic rings. The Bertz CT molecular complexity index is 1280. The van der Waals surface area contributed by atoms with Crippen molar-refractivity contribution in [3.63, 3.8) is 0 Å². The van der Waals surface area contributed by atoms with Gasteiger partial charge in [-0.3, -0.25) is 4.79 Å².